The van der Waals surface area contributed by atoms with Crippen LogP contribution >= 0.6 is 11.3 Å². The fourth-order valence-electron chi connectivity index (χ4n) is 6.28. The second-order valence-electron chi connectivity index (χ2n) is 15.4. The Bertz CT molecular complexity index is 2180. The van der Waals surface area contributed by atoms with Crippen LogP contribution in [0.3, 0.4) is 0 Å². The standard InChI is InChI=1S/C31H30NS.C14H16NSi.Ir/c1-20(2)23-14-15-25-24-12-9-13-26(27-18-21(16-17-32-27)19-31(3,4)5)29(24)33-30(25)28(23)22-10-7-6-8-11-22;1-16(2,3)13-9-10-14(15-11-13)12-7-5-4-6-8-12;/h6-12,14-18,20H,19H2,1-5H3;4-7,9-11H,1-3H3;/q2*-1;. The van der Waals surface area contributed by atoms with Gasteiger partial charge in [0.1, 0.15) is 0 Å². The van der Waals surface area contributed by atoms with Crippen molar-refractivity contribution in [3.8, 4) is 33.6 Å². The van der Waals surface area contributed by atoms with Crippen molar-refractivity contribution in [2.24, 2.45) is 5.41 Å². The Hall–Kier alpha value is -3.73. The average Bonchev–Trinajstić information content (AvgIpc) is 3.47. The molecular formula is C45H46IrN2SSi-2. The third-order valence-electron chi connectivity index (χ3n) is 8.75. The van der Waals surface area contributed by atoms with Gasteiger partial charge in [0, 0.05) is 42.8 Å². The molecule has 3 aromatic heterocycles. The number of rotatable bonds is 6. The molecule has 257 valence electrons. The van der Waals surface area contributed by atoms with Crippen LogP contribution < -0.4 is 5.19 Å². The minimum absolute atomic E-state index is 0. The zero-order valence-corrected chi connectivity index (χ0v) is 34.6. The number of pyridine rings is 2. The molecule has 0 unspecified atom stereocenters. The van der Waals surface area contributed by atoms with Gasteiger partial charge in [0.2, 0.25) is 0 Å². The van der Waals surface area contributed by atoms with E-state index < -0.39 is 8.07 Å². The summed E-state index contributed by atoms with van der Waals surface area (Å²) in [5.74, 6) is 0.455. The first-order valence-electron chi connectivity index (χ1n) is 17.2. The van der Waals surface area contributed by atoms with E-state index in [-0.39, 0.29) is 25.5 Å². The van der Waals surface area contributed by atoms with Crippen LogP contribution in [0.15, 0.2) is 116 Å². The molecule has 0 atom stereocenters. The molecule has 7 rings (SSSR count). The van der Waals surface area contributed by atoms with Crippen molar-refractivity contribution in [2.45, 2.75) is 66.6 Å². The van der Waals surface area contributed by atoms with Gasteiger partial charge in [0.15, 0.2) is 0 Å². The molecule has 0 bridgehead atoms. The molecule has 0 saturated carbocycles. The summed E-state index contributed by atoms with van der Waals surface area (Å²) in [4.78, 5) is 9.28. The van der Waals surface area contributed by atoms with Crippen LogP contribution in [-0.4, -0.2) is 18.0 Å². The Labute approximate surface area is 317 Å². The van der Waals surface area contributed by atoms with Crippen molar-refractivity contribution in [2.75, 3.05) is 0 Å². The molecule has 1 radical (unpaired) electrons. The monoisotopic (exact) mass is 867 g/mol. The zero-order valence-electron chi connectivity index (χ0n) is 30.4. The molecule has 0 N–H and O–H groups in total. The van der Waals surface area contributed by atoms with E-state index in [0.717, 1.165) is 28.9 Å². The van der Waals surface area contributed by atoms with E-state index in [4.69, 9.17) is 4.98 Å². The van der Waals surface area contributed by atoms with E-state index in [1.807, 2.05) is 48.0 Å². The van der Waals surface area contributed by atoms with Gasteiger partial charge < -0.3 is 9.97 Å². The van der Waals surface area contributed by atoms with Crippen LogP contribution in [0.1, 0.15) is 51.7 Å². The Balaban J connectivity index is 0.000000241. The van der Waals surface area contributed by atoms with Gasteiger partial charge in [-0.15, -0.1) is 59.7 Å². The van der Waals surface area contributed by atoms with E-state index in [0.29, 0.717) is 5.92 Å². The molecule has 4 aromatic carbocycles. The quantitative estimate of drug-likeness (QED) is 0.123. The summed E-state index contributed by atoms with van der Waals surface area (Å²) < 4.78 is 2.63. The number of benzene rings is 4. The summed E-state index contributed by atoms with van der Waals surface area (Å²) in [6, 6.07) is 43.1. The molecule has 0 fully saturated rings. The SMILES string of the molecule is CC(C)c1ccc2c(sc3c(-c4cc(CC(C)(C)C)ccn4)[c-]ccc32)c1-c1ccccc1.C[Si](C)(C)c1ccc(-c2[c-]cccc2)nc1.[Ir]. The van der Waals surface area contributed by atoms with E-state index in [1.165, 1.54) is 47.6 Å². The molecule has 7 aromatic rings. The summed E-state index contributed by atoms with van der Waals surface area (Å²) in [6.07, 6.45) is 4.99. The van der Waals surface area contributed by atoms with Crippen LogP contribution in [0.4, 0.5) is 0 Å². The molecule has 2 nitrogen and oxygen atoms in total. The van der Waals surface area contributed by atoms with Crippen molar-refractivity contribution < 1.29 is 20.1 Å². The fourth-order valence-corrected chi connectivity index (χ4v) is 8.70. The number of hydrogen-bond acceptors (Lipinski definition) is 3. The minimum Gasteiger partial charge on any atom is -0.305 e. The van der Waals surface area contributed by atoms with Gasteiger partial charge in [-0.3, -0.25) is 0 Å². The molecular weight excluding hydrogens is 821 g/mol. The maximum atomic E-state index is 4.76. The molecule has 0 aliphatic heterocycles. The third-order valence-corrected chi connectivity index (χ3v) is 12.0. The first-order chi connectivity index (χ1) is 23.4. The van der Waals surface area contributed by atoms with Gasteiger partial charge in [0.05, 0.1) is 8.07 Å². The van der Waals surface area contributed by atoms with E-state index in [9.17, 15) is 0 Å². The van der Waals surface area contributed by atoms with Gasteiger partial charge in [-0.2, -0.15) is 11.3 Å². The second kappa shape index (κ2) is 15.7. The zero-order chi connectivity index (χ0) is 34.8. The van der Waals surface area contributed by atoms with Crippen molar-refractivity contribution in [1.29, 1.82) is 0 Å². The van der Waals surface area contributed by atoms with Gasteiger partial charge in [-0.1, -0.05) is 126 Å². The van der Waals surface area contributed by atoms with Crippen LogP contribution in [0.2, 0.25) is 19.6 Å². The molecule has 0 aliphatic carbocycles. The summed E-state index contributed by atoms with van der Waals surface area (Å²) in [5, 5.41) is 4.01. The van der Waals surface area contributed by atoms with Crippen LogP contribution in [0, 0.1) is 17.5 Å². The largest absolute Gasteiger partial charge is 0.305 e. The van der Waals surface area contributed by atoms with Crippen molar-refractivity contribution >= 4 is 44.8 Å². The van der Waals surface area contributed by atoms with Crippen LogP contribution in [0.5, 0.6) is 0 Å². The van der Waals surface area contributed by atoms with E-state index in [1.54, 1.807) is 0 Å². The number of thiophene rings is 1. The topological polar surface area (TPSA) is 25.8 Å². The molecule has 0 saturated heterocycles. The molecule has 0 aliphatic rings. The number of nitrogens with zero attached hydrogens (tertiary/aromatic N) is 2. The van der Waals surface area contributed by atoms with Crippen molar-refractivity contribution in [3.05, 3.63) is 139 Å². The van der Waals surface area contributed by atoms with Gasteiger partial charge >= 0.3 is 0 Å². The second-order valence-corrected chi connectivity index (χ2v) is 21.5. The molecule has 3 heterocycles. The first-order valence-corrected chi connectivity index (χ1v) is 21.5. The fraction of sp³-hybridized carbons (Fsp3) is 0.244. The third kappa shape index (κ3) is 8.58. The molecule has 50 heavy (non-hydrogen) atoms. The maximum absolute atomic E-state index is 4.76. The minimum atomic E-state index is -1.23. The molecule has 5 heteroatoms. The van der Waals surface area contributed by atoms with Gasteiger partial charge in [-0.25, -0.2) is 0 Å². The van der Waals surface area contributed by atoms with Crippen molar-refractivity contribution in [1.82, 2.24) is 9.97 Å². The average molecular weight is 867 g/mol. The van der Waals surface area contributed by atoms with Gasteiger partial charge in [-0.05, 0) is 61.6 Å². The number of aromatic nitrogens is 2. The number of fused-ring (bicyclic) bond motifs is 3. The van der Waals surface area contributed by atoms with Gasteiger partial charge in [0.25, 0.3) is 0 Å². The smallest absolute Gasteiger partial charge is 0.0795 e. The summed E-state index contributed by atoms with van der Waals surface area (Å²) in [7, 11) is -1.23. The normalized spacial score (nSPS) is 11.7. The van der Waals surface area contributed by atoms with Crippen LogP contribution in [0.25, 0.3) is 53.8 Å². The van der Waals surface area contributed by atoms with E-state index in [2.05, 4.69) is 150 Å². The molecule has 0 amide bonds. The van der Waals surface area contributed by atoms with Crippen molar-refractivity contribution in [3.63, 3.8) is 0 Å². The Morgan fingerprint density at radius 1 is 0.740 bits per heavy atom. The summed E-state index contributed by atoms with van der Waals surface area (Å²) in [6.45, 7) is 18.4. The Morgan fingerprint density at radius 3 is 2.12 bits per heavy atom. The van der Waals surface area contributed by atoms with Crippen LogP contribution in [-0.2, 0) is 26.5 Å². The Kier molecular flexibility index (Phi) is 11.7. The Morgan fingerprint density at radius 2 is 1.48 bits per heavy atom. The first kappa shape index (κ1) is 37.5. The number of hydrogen-bond donors (Lipinski definition) is 0. The predicted octanol–water partition coefficient (Wildman–Crippen LogP) is 12.4. The summed E-state index contributed by atoms with van der Waals surface area (Å²) in [5.41, 5.74) is 9.80. The van der Waals surface area contributed by atoms with E-state index >= 15 is 0 Å². The molecule has 0 spiro atoms. The summed E-state index contributed by atoms with van der Waals surface area (Å²) >= 11 is 1.88. The maximum Gasteiger partial charge on any atom is 0.0795 e. The predicted molar refractivity (Wildman–Crippen MR) is 216 cm³/mol.